The first-order valence-electron chi connectivity index (χ1n) is 3.11. The van der Waals surface area contributed by atoms with Crippen molar-refractivity contribution in [3.8, 4) is 0 Å². The van der Waals surface area contributed by atoms with Gasteiger partial charge in [0.15, 0.2) is 0 Å². The lowest BCUT2D eigenvalue weighted by atomic mass is 10.3. The molecule has 0 spiro atoms. The Kier molecular flexibility index (Phi) is 3.93. The van der Waals surface area contributed by atoms with E-state index in [0.29, 0.717) is 0 Å². The molecule has 0 saturated heterocycles. The van der Waals surface area contributed by atoms with Crippen molar-refractivity contribution in [3.63, 3.8) is 0 Å². The van der Waals surface area contributed by atoms with E-state index in [1.54, 1.807) is 17.4 Å². The lowest BCUT2D eigenvalue weighted by molar-refractivity contribution is -0.504. The molecule has 4 heteroatoms. The third-order valence-corrected chi connectivity index (χ3v) is 1.34. The number of quaternary nitrogens is 1. The topological polar surface area (TPSA) is 59.8 Å². The monoisotopic (exact) mass is 168 g/mol. The predicted molar refractivity (Wildman–Crippen MR) is 46.8 cm³/mol. The summed E-state index contributed by atoms with van der Waals surface area (Å²) in [6.07, 6.45) is 0. The second-order valence-electron chi connectivity index (χ2n) is 2.05. The molecule has 0 bridgehead atoms. The average Bonchev–Trinajstić information content (AvgIpc) is 2.05. The maximum Gasteiger partial charge on any atom is 0.269 e. The Morgan fingerprint density at radius 2 is 1.83 bits per heavy atom. The number of nitrogens with two attached hydrogens (primary N) is 1. The number of benzene rings is 1. The second-order valence-corrected chi connectivity index (χ2v) is 2.05. The van der Waals surface area contributed by atoms with E-state index in [9.17, 15) is 10.1 Å². The van der Waals surface area contributed by atoms with Crippen LogP contribution in [-0.2, 0) is 0 Å². The number of nitrogens with zero attached hydrogens (tertiary/aromatic N) is 1. The van der Waals surface area contributed by atoms with E-state index in [1.165, 1.54) is 12.1 Å². The van der Waals surface area contributed by atoms with E-state index in [0.717, 1.165) is 5.69 Å². The van der Waals surface area contributed by atoms with Gasteiger partial charge in [-0.15, -0.1) is 7.05 Å². The Labute approximate surface area is 71.4 Å². The molecule has 1 rings (SSSR count). The minimum Gasteiger partial charge on any atom is -0.446 e. The largest absolute Gasteiger partial charge is 0.446 e. The number of nitro groups is 1. The van der Waals surface area contributed by atoms with E-state index in [1.807, 2.05) is 0 Å². The molecule has 0 radical (unpaired) electrons. The Balaban J connectivity index is 0.00000121. The van der Waals surface area contributed by atoms with Crippen molar-refractivity contribution < 1.29 is 10.2 Å². The van der Waals surface area contributed by atoms with E-state index >= 15 is 0 Å². The molecule has 12 heavy (non-hydrogen) atoms. The van der Waals surface area contributed by atoms with Gasteiger partial charge in [0.1, 0.15) is 5.69 Å². The molecular formula is C8H12N2O2. The highest BCUT2D eigenvalue weighted by atomic mass is 16.6. The number of nitro benzene ring substituents is 1. The van der Waals surface area contributed by atoms with Crippen molar-refractivity contribution in [1.29, 1.82) is 0 Å². The second kappa shape index (κ2) is 4.46. The molecule has 0 aliphatic carbocycles. The molecule has 2 N–H and O–H groups in total. The van der Waals surface area contributed by atoms with Gasteiger partial charge in [-0.2, -0.15) is 0 Å². The molecule has 0 heterocycles. The van der Waals surface area contributed by atoms with Crippen LogP contribution in [0.5, 0.6) is 0 Å². The van der Waals surface area contributed by atoms with Crippen molar-refractivity contribution in [1.82, 2.24) is 0 Å². The Morgan fingerprint density at radius 1 is 1.33 bits per heavy atom. The lowest BCUT2D eigenvalue weighted by Gasteiger charge is -1.96. The fourth-order valence-corrected chi connectivity index (χ4v) is 0.732. The molecule has 0 aliphatic rings. The van der Waals surface area contributed by atoms with Gasteiger partial charge in [0.05, 0.1) is 4.92 Å². The normalized spacial score (nSPS) is 8.75. The maximum absolute atomic E-state index is 10.2. The van der Waals surface area contributed by atoms with Crippen LogP contribution in [0.15, 0.2) is 24.3 Å². The van der Waals surface area contributed by atoms with Crippen molar-refractivity contribution in [3.05, 3.63) is 41.4 Å². The fourth-order valence-electron chi connectivity index (χ4n) is 0.732. The molecular weight excluding hydrogens is 156 g/mol. The third-order valence-electron chi connectivity index (χ3n) is 1.34. The predicted octanol–water partition coefficient (Wildman–Crippen LogP) is 1.22. The van der Waals surface area contributed by atoms with E-state index < -0.39 is 4.92 Å². The Morgan fingerprint density at radius 3 is 2.17 bits per heavy atom. The summed E-state index contributed by atoms with van der Waals surface area (Å²) in [4.78, 5) is 9.76. The molecule has 0 aromatic heterocycles. The molecule has 0 atom stereocenters. The van der Waals surface area contributed by atoms with Gasteiger partial charge in [-0.05, 0) is 0 Å². The van der Waals surface area contributed by atoms with Gasteiger partial charge in [0, 0.05) is 24.3 Å². The zero-order chi connectivity index (χ0) is 8.27. The first kappa shape index (κ1) is 10.6. The zero-order valence-electron chi connectivity index (χ0n) is 5.86. The lowest BCUT2D eigenvalue weighted by Crippen LogP contribution is -2.69. The minimum absolute atomic E-state index is 0. The first-order chi connectivity index (χ1) is 5.24. The summed E-state index contributed by atoms with van der Waals surface area (Å²) in [5.41, 5.74) is 0.992. The van der Waals surface area contributed by atoms with Crippen molar-refractivity contribution in [2.45, 2.75) is 7.43 Å². The summed E-state index contributed by atoms with van der Waals surface area (Å²) in [7, 11) is 3.54. The van der Waals surface area contributed by atoms with Gasteiger partial charge in [0.2, 0.25) is 0 Å². The van der Waals surface area contributed by atoms with Crippen LogP contribution in [0.4, 0.5) is 11.4 Å². The number of hydrogen-bond donors (Lipinski definition) is 1. The van der Waals surface area contributed by atoms with Crippen LogP contribution in [0.25, 0.3) is 0 Å². The molecule has 66 valence electrons. The summed E-state index contributed by atoms with van der Waals surface area (Å²) in [6.45, 7) is 0. The summed E-state index contributed by atoms with van der Waals surface area (Å²) < 4.78 is 0. The van der Waals surface area contributed by atoms with Gasteiger partial charge in [-0.25, -0.2) is 0 Å². The Bertz CT molecular complexity index is 256. The molecule has 0 amide bonds. The van der Waals surface area contributed by atoms with E-state index in [-0.39, 0.29) is 13.1 Å². The highest BCUT2D eigenvalue weighted by Crippen LogP contribution is 2.11. The van der Waals surface area contributed by atoms with Crippen LogP contribution < -0.4 is 5.32 Å². The Hall–Kier alpha value is -1.42. The molecule has 1 aromatic carbocycles. The van der Waals surface area contributed by atoms with Crippen LogP contribution in [0.2, 0.25) is 0 Å². The smallest absolute Gasteiger partial charge is 0.269 e. The highest BCUT2D eigenvalue weighted by molar-refractivity contribution is 5.39. The van der Waals surface area contributed by atoms with Gasteiger partial charge in [0.25, 0.3) is 5.69 Å². The van der Waals surface area contributed by atoms with Crippen molar-refractivity contribution in [2.75, 3.05) is 0 Å². The third kappa shape index (κ3) is 2.32. The van der Waals surface area contributed by atoms with E-state index in [2.05, 4.69) is 7.05 Å². The first-order valence-corrected chi connectivity index (χ1v) is 3.11. The molecule has 4 nitrogen and oxygen atoms in total. The van der Waals surface area contributed by atoms with E-state index in [4.69, 9.17) is 0 Å². The van der Waals surface area contributed by atoms with Gasteiger partial charge < -0.3 is 5.32 Å². The molecule has 1 aromatic rings. The number of non-ortho nitro benzene ring substituents is 1. The van der Waals surface area contributed by atoms with Crippen LogP contribution in [-0.4, -0.2) is 4.92 Å². The van der Waals surface area contributed by atoms with Gasteiger partial charge in [-0.3, -0.25) is 10.1 Å². The molecule has 0 unspecified atom stereocenters. The van der Waals surface area contributed by atoms with Crippen molar-refractivity contribution in [2.24, 2.45) is 0 Å². The van der Waals surface area contributed by atoms with Crippen LogP contribution in [0.3, 0.4) is 0 Å². The molecule has 0 saturated carbocycles. The average molecular weight is 168 g/mol. The van der Waals surface area contributed by atoms with Crippen LogP contribution in [0, 0.1) is 17.2 Å². The quantitative estimate of drug-likeness (QED) is 0.312. The van der Waals surface area contributed by atoms with Crippen LogP contribution in [0.1, 0.15) is 7.43 Å². The van der Waals surface area contributed by atoms with Crippen LogP contribution >= 0.6 is 0 Å². The highest BCUT2D eigenvalue weighted by Gasteiger charge is 2.02. The van der Waals surface area contributed by atoms with Gasteiger partial charge in [-0.1, -0.05) is 7.43 Å². The fraction of sp³-hybridized carbons (Fsp3) is 0.125. The zero-order valence-corrected chi connectivity index (χ0v) is 5.86. The maximum atomic E-state index is 10.2. The SMILES string of the molecule is C.[CH2-][NH2+]c1ccc([N+](=O)[O-])cc1. The summed E-state index contributed by atoms with van der Waals surface area (Å²) in [5, 5.41) is 11.8. The minimum atomic E-state index is -0.424. The summed E-state index contributed by atoms with van der Waals surface area (Å²) >= 11 is 0. The standard InChI is InChI=1S/C7H8N2O2.CH4/c1-8-6-2-4-7(5-3-6)9(10)11;/h2-5H,1,8H2;1H4. The van der Waals surface area contributed by atoms with Gasteiger partial charge >= 0.3 is 0 Å². The summed E-state index contributed by atoms with van der Waals surface area (Å²) in [6, 6.07) is 6.23. The molecule has 0 fully saturated rings. The number of hydrogen-bond acceptors (Lipinski definition) is 2. The summed E-state index contributed by atoms with van der Waals surface area (Å²) in [5.74, 6) is 0. The molecule has 0 aliphatic heterocycles. The van der Waals surface area contributed by atoms with Crippen molar-refractivity contribution >= 4 is 11.4 Å². The number of rotatable bonds is 2.